The first-order chi connectivity index (χ1) is 13.1. The summed E-state index contributed by atoms with van der Waals surface area (Å²) in [6, 6.07) is 11.6. The molecule has 0 spiro atoms. The molecule has 0 aliphatic carbocycles. The first-order valence-corrected chi connectivity index (χ1v) is 9.42. The highest BCUT2D eigenvalue weighted by Crippen LogP contribution is 2.37. The zero-order valence-electron chi connectivity index (χ0n) is 14.2. The molecule has 5 rings (SSSR count). The maximum absolute atomic E-state index is 12.5. The van der Waals surface area contributed by atoms with Gasteiger partial charge < -0.3 is 14.7 Å². The van der Waals surface area contributed by atoms with Crippen molar-refractivity contribution in [2.24, 2.45) is 0 Å². The lowest BCUT2D eigenvalue weighted by molar-refractivity contribution is 0.415. The number of H-pyrrole nitrogens is 2. The van der Waals surface area contributed by atoms with Gasteiger partial charge in [-0.25, -0.2) is 0 Å². The number of hydrogen-bond acceptors (Lipinski definition) is 3. The first-order valence-electron chi connectivity index (χ1n) is 8.34. The van der Waals surface area contributed by atoms with Gasteiger partial charge in [0, 0.05) is 60.0 Å². The monoisotopic (exact) mass is 468 g/mol. The van der Waals surface area contributed by atoms with E-state index in [9.17, 15) is 9.59 Å². The van der Waals surface area contributed by atoms with Crippen molar-refractivity contribution in [3.8, 4) is 28.0 Å². The molecule has 6 heteroatoms. The third kappa shape index (κ3) is 2.29. The minimum absolute atomic E-state index is 0.443. The number of rotatable bonds is 3. The van der Waals surface area contributed by atoms with Gasteiger partial charge >= 0.3 is 0 Å². The number of ether oxygens (including phenoxy) is 1. The zero-order chi connectivity index (χ0) is 18.7. The second kappa shape index (κ2) is 5.82. The van der Waals surface area contributed by atoms with Crippen LogP contribution in [0.5, 0.6) is 5.75 Å². The maximum Gasteiger partial charge on any atom is 0.235 e. The van der Waals surface area contributed by atoms with E-state index in [0.717, 1.165) is 36.5 Å². The molecule has 0 atom stereocenters. The minimum atomic E-state index is -0.450. The zero-order valence-corrected chi connectivity index (χ0v) is 16.4. The highest BCUT2D eigenvalue weighted by atomic mass is 127. The fourth-order valence-corrected chi connectivity index (χ4v) is 4.13. The molecule has 2 heterocycles. The molecule has 0 saturated heterocycles. The molecule has 5 nitrogen and oxygen atoms in total. The van der Waals surface area contributed by atoms with Crippen molar-refractivity contribution in [2.45, 2.75) is 0 Å². The van der Waals surface area contributed by atoms with Crippen LogP contribution < -0.4 is 15.6 Å². The minimum Gasteiger partial charge on any atom is -0.497 e. The van der Waals surface area contributed by atoms with E-state index in [1.807, 2.05) is 36.4 Å². The molecule has 3 aromatic carbocycles. The summed E-state index contributed by atoms with van der Waals surface area (Å²) in [5.74, 6) is 0.699. The molecule has 27 heavy (non-hydrogen) atoms. The maximum atomic E-state index is 12.5. The Balaban J connectivity index is 1.79. The number of aromatic amines is 2. The third-order valence-corrected chi connectivity index (χ3v) is 5.65. The van der Waals surface area contributed by atoms with Gasteiger partial charge in [-0.1, -0.05) is 0 Å². The van der Waals surface area contributed by atoms with Crippen molar-refractivity contribution in [2.75, 3.05) is 7.11 Å². The van der Waals surface area contributed by atoms with Gasteiger partial charge in [0.1, 0.15) is 5.75 Å². The molecule has 0 bridgehead atoms. The molecule has 0 aliphatic heterocycles. The number of methoxy groups -OCH3 is 1. The summed E-state index contributed by atoms with van der Waals surface area (Å²) in [5, 5.41) is 1.80. The Bertz CT molecular complexity index is 1420. The van der Waals surface area contributed by atoms with Crippen LogP contribution in [0.1, 0.15) is 0 Å². The standard InChI is InChI=1S/C21H13IN2O3/c1-27-11-3-5-17-13(7-11)15(9-24-17)19-18(20(25)21(19)26)14-8-23-16-4-2-10(22)6-12(14)16/h2-9,23-24H,1H3. The predicted octanol–water partition coefficient (Wildman–Crippen LogP) is 4.19. The molecular weight excluding hydrogens is 455 g/mol. The fourth-order valence-electron chi connectivity index (χ4n) is 3.64. The molecule has 0 unspecified atom stereocenters. The van der Waals surface area contributed by atoms with Crippen LogP contribution >= 0.6 is 22.6 Å². The number of fused-ring (bicyclic) bond motifs is 2. The van der Waals surface area contributed by atoms with Crippen LogP contribution in [0.15, 0.2) is 58.4 Å². The summed E-state index contributed by atoms with van der Waals surface area (Å²) < 4.78 is 6.38. The van der Waals surface area contributed by atoms with Gasteiger partial charge in [0.25, 0.3) is 0 Å². The van der Waals surface area contributed by atoms with Crippen LogP contribution in [0.25, 0.3) is 44.1 Å². The van der Waals surface area contributed by atoms with Crippen LogP contribution in [0.2, 0.25) is 0 Å². The molecule has 0 radical (unpaired) electrons. The molecule has 2 aromatic heterocycles. The molecule has 2 N–H and O–H groups in total. The van der Waals surface area contributed by atoms with Crippen LogP contribution in [0.4, 0.5) is 0 Å². The largest absolute Gasteiger partial charge is 0.497 e. The van der Waals surface area contributed by atoms with Gasteiger partial charge in [-0.3, -0.25) is 9.59 Å². The molecule has 0 fully saturated rings. The quantitative estimate of drug-likeness (QED) is 0.308. The summed E-state index contributed by atoms with van der Waals surface area (Å²) in [7, 11) is 1.60. The Morgan fingerprint density at radius 3 is 1.96 bits per heavy atom. The Morgan fingerprint density at radius 1 is 0.815 bits per heavy atom. The highest BCUT2D eigenvalue weighted by Gasteiger charge is 2.27. The first kappa shape index (κ1) is 16.3. The van der Waals surface area contributed by atoms with Gasteiger partial charge in [0.2, 0.25) is 10.9 Å². The smallest absolute Gasteiger partial charge is 0.235 e. The molecule has 5 aromatic rings. The number of halogens is 1. The summed E-state index contributed by atoms with van der Waals surface area (Å²) >= 11 is 2.24. The second-order valence-electron chi connectivity index (χ2n) is 6.41. The van der Waals surface area contributed by atoms with Gasteiger partial charge in [0.15, 0.2) is 0 Å². The number of benzene rings is 2. The molecular formula is C21H13IN2O3. The lowest BCUT2D eigenvalue weighted by atomic mass is 9.89. The molecule has 0 amide bonds. The van der Waals surface area contributed by atoms with E-state index in [1.165, 1.54) is 0 Å². The Labute approximate surface area is 166 Å². The van der Waals surface area contributed by atoms with Gasteiger partial charge in [-0.15, -0.1) is 0 Å². The fraction of sp³-hybridized carbons (Fsp3) is 0.0476. The normalized spacial score (nSPS) is 11.6. The average molecular weight is 468 g/mol. The van der Waals surface area contributed by atoms with Gasteiger partial charge in [-0.05, 0) is 59.0 Å². The Kier molecular flexibility index (Phi) is 3.51. The van der Waals surface area contributed by atoms with Crippen molar-refractivity contribution in [3.05, 3.63) is 72.8 Å². The lowest BCUT2D eigenvalue weighted by Gasteiger charge is -2.10. The van der Waals surface area contributed by atoms with Crippen LogP contribution in [-0.2, 0) is 0 Å². The summed E-state index contributed by atoms with van der Waals surface area (Å²) in [4.78, 5) is 31.4. The Morgan fingerprint density at radius 2 is 1.37 bits per heavy atom. The van der Waals surface area contributed by atoms with Gasteiger partial charge in [-0.2, -0.15) is 0 Å². The summed E-state index contributed by atoms with van der Waals surface area (Å²) in [6.45, 7) is 0. The van der Waals surface area contributed by atoms with E-state index in [1.54, 1.807) is 19.5 Å². The SMILES string of the molecule is COc1ccc2[nH]cc(-c3c(-c4c[nH]c5ccc(I)cc45)c(=O)c3=O)c2c1. The van der Waals surface area contributed by atoms with Crippen LogP contribution in [0, 0.1) is 3.57 Å². The van der Waals surface area contributed by atoms with E-state index in [-0.39, 0.29) is 0 Å². The van der Waals surface area contributed by atoms with Crippen LogP contribution in [0.3, 0.4) is 0 Å². The molecule has 132 valence electrons. The second-order valence-corrected chi connectivity index (χ2v) is 7.66. The number of aromatic nitrogens is 2. The average Bonchev–Trinajstić information content (AvgIpc) is 3.28. The molecule has 0 saturated carbocycles. The predicted molar refractivity (Wildman–Crippen MR) is 115 cm³/mol. The van der Waals surface area contributed by atoms with E-state index >= 15 is 0 Å². The van der Waals surface area contributed by atoms with E-state index in [2.05, 4.69) is 32.6 Å². The van der Waals surface area contributed by atoms with Crippen molar-refractivity contribution < 1.29 is 4.74 Å². The van der Waals surface area contributed by atoms with Crippen molar-refractivity contribution >= 4 is 44.4 Å². The van der Waals surface area contributed by atoms with E-state index in [4.69, 9.17) is 4.74 Å². The highest BCUT2D eigenvalue weighted by molar-refractivity contribution is 14.1. The van der Waals surface area contributed by atoms with E-state index in [0.29, 0.717) is 16.9 Å². The van der Waals surface area contributed by atoms with Crippen molar-refractivity contribution in [1.29, 1.82) is 0 Å². The number of nitrogens with one attached hydrogen (secondary N) is 2. The summed E-state index contributed by atoms with van der Waals surface area (Å²) in [6.07, 6.45) is 3.58. The topological polar surface area (TPSA) is 75.0 Å². The van der Waals surface area contributed by atoms with Gasteiger partial charge in [0.05, 0.1) is 7.11 Å². The van der Waals surface area contributed by atoms with Crippen molar-refractivity contribution in [1.82, 2.24) is 9.97 Å². The van der Waals surface area contributed by atoms with Crippen LogP contribution in [-0.4, -0.2) is 17.1 Å². The van der Waals surface area contributed by atoms with E-state index < -0.39 is 10.9 Å². The van der Waals surface area contributed by atoms with Crippen molar-refractivity contribution in [3.63, 3.8) is 0 Å². The third-order valence-electron chi connectivity index (χ3n) is 4.98. The molecule has 0 aliphatic rings. The Hall–Kier alpha value is -2.87. The number of hydrogen-bond donors (Lipinski definition) is 2. The lowest BCUT2D eigenvalue weighted by Crippen LogP contribution is -2.34. The summed E-state index contributed by atoms with van der Waals surface area (Å²) in [5.41, 5.74) is 3.35.